The van der Waals surface area contributed by atoms with Crippen LogP contribution in [0.25, 0.3) is 10.2 Å². The third kappa shape index (κ3) is 3.55. The Kier molecular flexibility index (Phi) is 4.17. The lowest BCUT2D eigenvalue weighted by molar-refractivity contribution is -0.126. The molecule has 0 aromatic carbocycles. The summed E-state index contributed by atoms with van der Waals surface area (Å²) in [5.74, 6) is -0.181. The van der Waals surface area contributed by atoms with Gasteiger partial charge in [-0.1, -0.05) is 11.8 Å². The molecule has 0 spiro atoms. The van der Waals surface area contributed by atoms with Gasteiger partial charge < -0.3 is 5.73 Å². The summed E-state index contributed by atoms with van der Waals surface area (Å²) >= 11 is 2.62. The van der Waals surface area contributed by atoms with E-state index >= 15 is 0 Å². The van der Waals surface area contributed by atoms with Crippen molar-refractivity contribution in [1.29, 1.82) is 0 Å². The van der Waals surface area contributed by atoms with Crippen molar-refractivity contribution in [3.8, 4) is 0 Å². The van der Waals surface area contributed by atoms with Crippen molar-refractivity contribution in [3.05, 3.63) is 11.4 Å². The van der Waals surface area contributed by atoms with Crippen LogP contribution in [0.1, 0.15) is 6.92 Å². The Labute approximate surface area is 117 Å². The highest BCUT2D eigenvalue weighted by Crippen LogP contribution is 2.25. The maximum Gasteiger partial charge on any atom is 0.248 e. The third-order valence-corrected chi connectivity index (χ3v) is 3.70. The van der Waals surface area contributed by atoms with E-state index in [2.05, 4.69) is 20.8 Å². The molecule has 2 rings (SSSR count). The lowest BCUT2D eigenvalue weighted by Gasteiger charge is -2.04. The number of rotatable bonds is 3. The summed E-state index contributed by atoms with van der Waals surface area (Å²) in [6, 6.07) is 1.85. The van der Waals surface area contributed by atoms with Crippen LogP contribution in [0.5, 0.6) is 0 Å². The molecule has 9 heteroatoms. The Hall–Kier alpha value is -1.87. The van der Waals surface area contributed by atoms with Gasteiger partial charge in [-0.05, 0) is 11.4 Å². The van der Waals surface area contributed by atoms with Crippen molar-refractivity contribution in [2.24, 2.45) is 0 Å². The van der Waals surface area contributed by atoms with Crippen LogP contribution in [0, 0.1) is 0 Å². The number of fused-ring (bicyclic) bond motifs is 1. The van der Waals surface area contributed by atoms with Crippen LogP contribution < -0.4 is 16.6 Å². The van der Waals surface area contributed by atoms with Gasteiger partial charge in [0, 0.05) is 6.92 Å². The highest BCUT2D eigenvalue weighted by Gasteiger charge is 2.09. The van der Waals surface area contributed by atoms with Crippen molar-refractivity contribution in [2.45, 2.75) is 12.1 Å². The van der Waals surface area contributed by atoms with E-state index in [1.165, 1.54) is 18.3 Å². The first-order chi connectivity index (χ1) is 9.06. The molecule has 19 heavy (non-hydrogen) atoms. The molecule has 0 saturated heterocycles. The summed E-state index contributed by atoms with van der Waals surface area (Å²) in [5, 5.41) is 3.13. The maximum atomic E-state index is 11.4. The number of hydrogen-bond donors (Lipinski definition) is 3. The number of amides is 2. The standard InChI is InChI=1S/C10H11N5O2S2/c1-5(16)14-15-7(17)4-19-10-12-8(11)6-2-3-18-9(6)13-10/h2-3H,4H2,1H3,(H,14,16)(H,15,17)(H2,11,12,13). The lowest BCUT2D eigenvalue weighted by atomic mass is 10.4. The zero-order chi connectivity index (χ0) is 13.8. The van der Waals surface area contributed by atoms with Crippen LogP contribution >= 0.6 is 23.1 Å². The average molecular weight is 297 g/mol. The molecule has 2 heterocycles. The number of nitrogens with zero attached hydrogens (tertiary/aromatic N) is 2. The van der Waals surface area contributed by atoms with Crippen molar-refractivity contribution < 1.29 is 9.59 Å². The minimum atomic E-state index is -0.339. The highest BCUT2D eigenvalue weighted by atomic mass is 32.2. The van der Waals surface area contributed by atoms with Crippen molar-refractivity contribution >= 4 is 50.9 Å². The highest BCUT2D eigenvalue weighted by molar-refractivity contribution is 7.99. The molecular weight excluding hydrogens is 286 g/mol. The van der Waals surface area contributed by atoms with Crippen LogP contribution in [-0.2, 0) is 9.59 Å². The molecule has 0 unspecified atom stereocenters. The number of nitrogens with two attached hydrogens (primary N) is 1. The first-order valence-electron chi connectivity index (χ1n) is 5.25. The smallest absolute Gasteiger partial charge is 0.248 e. The molecule has 0 radical (unpaired) electrons. The van der Waals surface area contributed by atoms with Gasteiger partial charge in [0.1, 0.15) is 10.6 Å². The Bertz CT molecular complexity index is 627. The SMILES string of the molecule is CC(=O)NNC(=O)CSc1nc(N)c2ccsc2n1. The summed E-state index contributed by atoms with van der Waals surface area (Å²) < 4.78 is 0. The second kappa shape index (κ2) is 5.85. The van der Waals surface area contributed by atoms with Gasteiger partial charge in [0.15, 0.2) is 5.16 Å². The monoisotopic (exact) mass is 297 g/mol. The second-order valence-electron chi connectivity index (χ2n) is 3.55. The molecule has 100 valence electrons. The van der Waals surface area contributed by atoms with Gasteiger partial charge >= 0.3 is 0 Å². The molecule has 0 bridgehead atoms. The van der Waals surface area contributed by atoms with Gasteiger partial charge in [0.25, 0.3) is 0 Å². The van der Waals surface area contributed by atoms with Crippen molar-refractivity contribution in [3.63, 3.8) is 0 Å². The fraction of sp³-hybridized carbons (Fsp3) is 0.200. The van der Waals surface area contributed by atoms with E-state index < -0.39 is 0 Å². The van der Waals surface area contributed by atoms with E-state index in [1.807, 2.05) is 11.4 Å². The van der Waals surface area contributed by atoms with Crippen LogP contribution in [0.15, 0.2) is 16.6 Å². The molecule has 0 saturated carbocycles. The summed E-state index contributed by atoms with van der Waals surface area (Å²) in [6.45, 7) is 1.31. The number of hydrogen-bond acceptors (Lipinski definition) is 7. The molecule has 2 aromatic rings. The third-order valence-electron chi connectivity index (χ3n) is 2.04. The van der Waals surface area contributed by atoms with E-state index in [9.17, 15) is 9.59 Å². The van der Waals surface area contributed by atoms with Gasteiger partial charge in [-0.15, -0.1) is 11.3 Å². The molecular formula is C10H11N5O2S2. The quantitative estimate of drug-likeness (QED) is 0.433. The largest absolute Gasteiger partial charge is 0.383 e. The number of hydrazine groups is 1. The Morgan fingerprint density at radius 3 is 2.95 bits per heavy atom. The van der Waals surface area contributed by atoms with Gasteiger partial charge in [0.05, 0.1) is 11.1 Å². The number of thioether (sulfide) groups is 1. The van der Waals surface area contributed by atoms with Crippen LogP contribution in [-0.4, -0.2) is 27.5 Å². The van der Waals surface area contributed by atoms with Crippen molar-refractivity contribution in [2.75, 3.05) is 11.5 Å². The molecule has 4 N–H and O–H groups in total. The fourth-order valence-electron chi connectivity index (χ4n) is 1.25. The molecule has 0 aliphatic rings. The summed E-state index contributed by atoms with van der Waals surface area (Å²) in [7, 11) is 0. The summed E-state index contributed by atoms with van der Waals surface area (Å²) in [5.41, 5.74) is 10.2. The number of carbonyl (C=O) groups is 2. The molecule has 2 aromatic heterocycles. The predicted octanol–water partition coefficient (Wildman–Crippen LogP) is 0.533. The molecule has 0 atom stereocenters. The van der Waals surface area contributed by atoms with E-state index in [-0.39, 0.29) is 17.6 Å². The van der Waals surface area contributed by atoms with Crippen LogP contribution in [0.2, 0.25) is 0 Å². The number of nitrogens with one attached hydrogen (secondary N) is 2. The number of thiophene rings is 1. The number of carbonyl (C=O) groups excluding carboxylic acids is 2. The Morgan fingerprint density at radius 2 is 2.21 bits per heavy atom. The van der Waals surface area contributed by atoms with E-state index in [1.54, 1.807) is 0 Å². The normalized spacial score (nSPS) is 10.4. The summed E-state index contributed by atoms with van der Waals surface area (Å²) in [6.07, 6.45) is 0. The zero-order valence-electron chi connectivity index (χ0n) is 9.97. The first kappa shape index (κ1) is 13.6. The Morgan fingerprint density at radius 1 is 1.42 bits per heavy atom. The van der Waals surface area contributed by atoms with Crippen LogP contribution in [0.3, 0.4) is 0 Å². The van der Waals surface area contributed by atoms with Gasteiger partial charge in [-0.3, -0.25) is 20.4 Å². The summed E-state index contributed by atoms with van der Waals surface area (Å²) in [4.78, 5) is 31.2. The topological polar surface area (TPSA) is 110 Å². The number of anilines is 1. The molecule has 0 fully saturated rings. The predicted molar refractivity (Wildman–Crippen MR) is 74.5 cm³/mol. The lowest BCUT2D eigenvalue weighted by Crippen LogP contribution is -2.41. The van der Waals surface area contributed by atoms with Crippen molar-refractivity contribution in [1.82, 2.24) is 20.8 Å². The maximum absolute atomic E-state index is 11.4. The zero-order valence-corrected chi connectivity index (χ0v) is 11.6. The minimum Gasteiger partial charge on any atom is -0.383 e. The van der Waals surface area contributed by atoms with Gasteiger partial charge in [-0.25, -0.2) is 9.97 Å². The number of aromatic nitrogens is 2. The van der Waals surface area contributed by atoms with Gasteiger partial charge in [0.2, 0.25) is 11.8 Å². The van der Waals surface area contributed by atoms with E-state index in [0.717, 1.165) is 22.0 Å². The second-order valence-corrected chi connectivity index (χ2v) is 5.39. The fourth-order valence-corrected chi connectivity index (χ4v) is 2.73. The molecule has 0 aliphatic carbocycles. The average Bonchev–Trinajstić information content (AvgIpc) is 2.82. The number of nitrogen functional groups attached to an aromatic ring is 1. The van der Waals surface area contributed by atoms with E-state index in [0.29, 0.717) is 11.0 Å². The minimum absolute atomic E-state index is 0.0939. The first-order valence-corrected chi connectivity index (χ1v) is 7.11. The molecule has 2 amide bonds. The molecule has 7 nitrogen and oxygen atoms in total. The Balaban J connectivity index is 1.97. The van der Waals surface area contributed by atoms with Crippen LogP contribution in [0.4, 0.5) is 5.82 Å². The van der Waals surface area contributed by atoms with Gasteiger partial charge in [-0.2, -0.15) is 0 Å². The van der Waals surface area contributed by atoms with E-state index in [4.69, 9.17) is 5.73 Å². The molecule has 0 aliphatic heterocycles.